The van der Waals surface area contributed by atoms with E-state index in [1.54, 1.807) is 49.4 Å². The van der Waals surface area contributed by atoms with Crippen LogP contribution in [0.1, 0.15) is 36.2 Å². The molecule has 1 aromatic rings. The number of rotatable bonds is 9. The summed E-state index contributed by atoms with van der Waals surface area (Å²) in [6.07, 6.45) is 6.85. The number of ether oxygens (including phenoxy) is 1. The maximum absolute atomic E-state index is 13.7. The van der Waals surface area contributed by atoms with E-state index in [1.165, 1.54) is 11.8 Å². The normalized spacial score (nSPS) is 14.4. The summed E-state index contributed by atoms with van der Waals surface area (Å²) in [5, 5.41) is 2.72. The molecule has 0 saturated heterocycles. The lowest BCUT2D eigenvalue weighted by atomic mass is 10.1. The van der Waals surface area contributed by atoms with Gasteiger partial charge in [-0.1, -0.05) is 42.9 Å². The van der Waals surface area contributed by atoms with Gasteiger partial charge in [0.25, 0.3) is 5.91 Å². The second kappa shape index (κ2) is 12.7. The van der Waals surface area contributed by atoms with E-state index >= 15 is 0 Å². The highest BCUT2D eigenvalue weighted by Crippen LogP contribution is 2.26. The summed E-state index contributed by atoms with van der Waals surface area (Å²) < 4.78 is 5.57. The molecule has 1 aliphatic heterocycles. The molecule has 0 spiro atoms. The van der Waals surface area contributed by atoms with Gasteiger partial charge in [-0.2, -0.15) is 0 Å². The van der Waals surface area contributed by atoms with Crippen molar-refractivity contribution >= 4 is 34.4 Å². The number of hydrogen-bond acceptors (Lipinski definition) is 6. The summed E-state index contributed by atoms with van der Waals surface area (Å²) in [6, 6.07) is 5.26. The van der Waals surface area contributed by atoms with Crippen molar-refractivity contribution in [2.75, 3.05) is 33.6 Å². The van der Waals surface area contributed by atoms with E-state index in [9.17, 15) is 4.79 Å². The predicted molar refractivity (Wildman–Crippen MR) is 138 cm³/mol. The number of nitrogens with zero attached hydrogens (tertiary/aromatic N) is 3. The van der Waals surface area contributed by atoms with Crippen molar-refractivity contribution in [3.63, 3.8) is 0 Å². The van der Waals surface area contributed by atoms with Gasteiger partial charge in [-0.25, -0.2) is 4.99 Å². The second-order valence-corrected chi connectivity index (χ2v) is 8.79. The number of hydroxylamine groups is 2. The Hall–Kier alpha value is -2.48. The molecule has 1 aliphatic rings. The number of likely N-dealkylation sites (N-methyl/N-ethyl adjacent to an activating group) is 1. The van der Waals surface area contributed by atoms with Gasteiger partial charge in [-0.05, 0) is 61.8 Å². The van der Waals surface area contributed by atoms with Crippen LogP contribution in [0.3, 0.4) is 0 Å². The second-order valence-electron chi connectivity index (χ2n) is 7.36. The molecular formula is C25H32ClN3O3S. The smallest absolute Gasteiger partial charge is 0.260 e. The Kier molecular flexibility index (Phi) is 10.3. The van der Waals surface area contributed by atoms with Crippen LogP contribution in [0.25, 0.3) is 0 Å². The van der Waals surface area contributed by atoms with Crippen molar-refractivity contribution < 1.29 is 14.4 Å². The molecule has 2 rings (SSSR count). The molecule has 6 nitrogen and oxygen atoms in total. The fourth-order valence-corrected chi connectivity index (χ4v) is 4.31. The Balaban J connectivity index is 2.49. The van der Waals surface area contributed by atoms with E-state index < -0.39 is 0 Å². The molecular weight excluding hydrogens is 458 g/mol. The van der Waals surface area contributed by atoms with Crippen LogP contribution in [0, 0.1) is 6.92 Å². The molecule has 0 unspecified atom stereocenters. The number of aliphatic imine (C=N–C) groups is 1. The molecule has 33 heavy (non-hydrogen) atoms. The van der Waals surface area contributed by atoms with E-state index in [0.29, 0.717) is 39.4 Å². The Morgan fingerprint density at radius 2 is 2.06 bits per heavy atom. The van der Waals surface area contributed by atoms with Gasteiger partial charge in [0.1, 0.15) is 5.76 Å². The Labute approximate surface area is 206 Å². The van der Waals surface area contributed by atoms with Crippen molar-refractivity contribution in [1.29, 1.82) is 0 Å². The lowest BCUT2D eigenvalue weighted by Gasteiger charge is -2.27. The fourth-order valence-electron chi connectivity index (χ4n) is 3.21. The first-order chi connectivity index (χ1) is 15.7. The number of carbonyl (C=O) groups is 1. The fraction of sp³-hybridized carbons (Fsp3) is 0.360. The van der Waals surface area contributed by atoms with Gasteiger partial charge >= 0.3 is 0 Å². The number of aryl methyl sites for hydroxylation is 1. The molecule has 0 aliphatic carbocycles. The van der Waals surface area contributed by atoms with E-state index in [4.69, 9.17) is 26.2 Å². The minimum atomic E-state index is -0.161. The van der Waals surface area contributed by atoms with Gasteiger partial charge in [0.05, 0.1) is 32.2 Å². The molecule has 0 atom stereocenters. The number of carbonyl (C=O) groups excluding carboxylic acids is 1. The number of hydrogen-bond donors (Lipinski definition) is 0. The number of halogens is 1. The van der Waals surface area contributed by atoms with Crippen LogP contribution in [-0.2, 0) is 9.57 Å². The van der Waals surface area contributed by atoms with Crippen LogP contribution in [0.2, 0.25) is 5.02 Å². The number of methoxy groups -OCH3 is 1. The molecule has 0 saturated carbocycles. The summed E-state index contributed by atoms with van der Waals surface area (Å²) >= 11 is 7.60. The van der Waals surface area contributed by atoms with Crippen LogP contribution in [0.5, 0.6) is 0 Å². The average molecular weight is 490 g/mol. The lowest BCUT2D eigenvalue weighted by Crippen LogP contribution is -2.37. The summed E-state index contributed by atoms with van der Waals surface area (Å²) in [4.78, 5) is 25.3. The van der Waals surface area contributed by atoms with Crippen molar-refractivity contribution in [2.45, 2.75) is 27.2 Å². The first-order valence-corrected chi connectivity index (χ1v) is 12.0. The molecule has 1 aromatic carbocycles. The first-order valence-electron chi connectivity index (χ1n) is 10.6. The summed E-state index contributed by atoms with van der Waals surface area (Å²) in [7, 11) is 4.96. The molecule has 0 radical (unpaired) electrons. The quantitative estimate of drug-likeness (QED) is 0.243. The van der Waals surface area contributed by atoms with E-state index in [-0.39, 0.29) is 5.91 Å². The minimum absolute atomic E-state index is 0.161. The standard InChI is InChI=1S/C25H32ClN3O3S/c1-8-9-17(2)23(31-6)12-14-29(24(30)21-11-10-20(26)16-18(21)3)25-27-22(13-15-33-25)19(4)28(5)32-7/h9-13,16H,4,8,14-15H2,1-3,5-7H3/b17-9-,23-12+. The molecule has 8 heteroatoms. The average Bonchev–Trinajstić information content (AvgIpc) is 2.80. The van der Waals surface area contributed by atoms with Crippen molar-refractivity contribution in [1.82, 2.24) is 9.96 Å². The van der Waals surface area contributed by atoms with Crippen molar-refractivity contribution in [3.05, 3.63) is 81.9 Å². The third-order valence-corrected chi connectivity index (χ3v) is 6.27. The Morgan fingerprint density at radius 1 is 1.33 bits per heavy atom. The summed E-state index contributed by atoms with van der Waals surface area (Å²) in [5.41, 5.74) is 3.66. The van der Waals surface area contributed by atoms with Gasteiger partial charge in [0.2, 0.25) is 0 Å². The molecule has 1 heterocycles. The summed E-state index contributed by atoms with van der Waals surface area (Å²) in [6.45, 7) is 10.3. The zero-order valence-corrected chi connectivity index (χ0v) is 21.7. The molecule has 178 valence electrons. The lowest BCUT2D eigenvalue weighted by molar-refractivity contribution is -0.0745. The highest BCUT2D eigenvalue weighted by molar-refractivity contribution is 8.14. The summed E-state index contributed by atoms with van der Waals surface area (Å²) in [5.74, 6) is 1.22. The number of amidine groups is 1. The topological polar surface area (TPSA) is 54.4 Å². The van der Waals surface area contributed by atoms with Crippen LogP contribution >= 0.6 is 23.4 Å². The maximum atomic E-state index is 13.7. The van der Waals surface area contributed by atoms with Crippen LogP contribution in [0.4, 0.5) is 0 Å². The molecule has 0 bridgehead atoms. The van der Waals surface area contributed by atoms with E-state index in [2.05, 4.69) is 19.6 Å². The molecule has 0 aromatic heterocycles. The highest BCUT2D eigenvalue weighted by Gasteiger charge is 2.25. The largest absolute Gasteiger partial charge is 0.497 e. The van der Waals surface area contributed by atoms with Crippen molar-refractivity contribution in [2.24, 2.45) is 4.99 Å². The zero-order valence-electron chi connectivity index (χ0n) is 20.1. The van der Waals surface area contributed by atoms with E-state index in [0.717, 1.165) is 23.3 Å². The number of benzene rings is 1. The van der Waals surface area contributed by atoms with Gasteiger partial charge in [0, 0.05) is 23.4 Å². The Morgan fingerprint density at radius 3 is 2.67 bits per heavy atom. The van der Waals surface area contributed by atoms with Crippen LogP contribution < -0.4 is 0 Å². The number of amides is 1. The zero-order chi connectivity index (χ0) is 24.5. The highest BCUT2D eigenvalue weighted by atomic mass is 35.5. The number of allylic oxidation sites excluding steroid dienone is 2. The van der Waals surface area contributed by atoms with Crippen LogP contribution in [0.15, 0.2) is 70.7 Å². The van der Waals surface area contributed by atoms with E-state index in [1.807, 2.05) is 26.0 Å². The third-order valence-electron chi connectivity index (χ3n) is 5.13. The molecule has 1 amide bonds. The van der Waals surface area contributed by atoms with Gasteiger partial charge in [-0.3, -0.25) is 19.6 Å². The maximum Gasteiger partial charge on any atom is 0.260 e. The van der Waals surface area contributed by atoms with Gasteiger partial charge in [-0.15, -0.1) is 0 Å². The first kappa shape index (κ1) is 26.8. The number of thioether (sulfide) groups is 1. The van der Waals surface area contributed by atoms with Gasteiger partial charge < -0.3 is 4.74 Å². The van der Waals surface area contributed by atoms with Crippen molar-refractivity contribution in [3.8, 4) is 0 Å². The Bertz CT molecular complexity index is 1010. The molecule has 0 fully saturated rings. The van der Waals surface area contributed by atoms with Gasteiger partial charge in [0.15, 0.2) is 5.17 Å². The predicted octanol–water partition coefficient (Wildman–Crippen LogP) is 5.97. The third kappa shape index (κ3) is 7.00. The monoisotopic (exact) mass is 489 g/mol. The molecule has 0 N–H and O–H groups in total. The SMILES string of the molecule is C=C(C1=CCSC(N(C/C=C(OC)\C(C)=C/CC)C(=O)c2ccc(Cl)cc2C)=N1)N(C)OC. The van der Waals surface area contributed by atoms with Crippen LogP contribution in [-0.4, -0.2) is 54.6 Å². The minimum Gasteiger partial charge on any atom is -0.497 e.